The molecule has 21 heavy (non-hydrogen) atoms. The molecule has 1 aliphatic heterocycles. The Morgan fingerprint density at radius 3 is 2.76 bits per heavy atom. The maximum atomic E-state index is 5.47. The Kier molecular flexibility index (Phi) is 4.15. The van der Waals surface area contributed by atoms with Gasteiger partial charge >= 0.3 is 0 Å². The minimum Gasteiger partial charge on any atom is -0.381 e. The molecule has 4 nitrogen and oxygen atoms in total. The van der Waals surface area contributed by atoms with Crippen LogP contribution < -0.4 is 4.90 Å². The summed E-state index contributed by atoms with van der Waals surface area (Å²) in [5.41, 5.74) is 2.39. The van der Waals surface area contributed by atoms with Crippen molar-refractivity contribution in [3.05, 3.63) is 53.5 Å². The summed E-state index contributed by atoms with van der Waals surface area (Å²) in [6, 6.07) is 12.5. The summed E-state index contributed by atoms with van der Waals surface area (Å²) in [6.07, 6.45) is 1.05. The van der Waals surface area contributed by atoms with Gasteiger partial charge in [0.2, 0.25) is 0 Å². The van der Waals surface area contributed by atoms with Crippen LogP contribution in [0, 0.1) is 6.92 Å². The zero-order valence-electron chi connectivity index (χ0n) is 12.6. The summed E-state index contributed by atoms with van der Waals surface area (Å²) in [5, 5.41) is 0. The van der Waals surface area contributed by atoms with E-state index >= 15 is 0 Å². The number of ether oxygens (including phenoxy) is 1. The molecular weight excluding hydrogens is 262 g/mol. The van der Waals surface area contributed by atoms with Gasteiger partial charge in [-0.2, -0.15) is 0 Å². The van der Waals surface area contributed by atoms with Crippen molar-refractivity contribution in [2.24, 2.45) is 0 Å². The monoisotopic (exact) mass is 283 g/mol. The Labute approximate surface area is 125 Å². The topological polar surface area (TPSA) is 38.2 Å². The SMILES string of the molecule is Cc1nc([C@@H]2CCOC2)cc(N(C)Cc2ccccc2)n1. The van der Waals surface area contributed by atoms with Crippen molar-refractivity contribution in [1.82, 2.24) is 9.97 Å². The molecule has 0 spiro atoms. The molecule has 0 aliphatic carbocycles. The number of benzene rings is 1. The van der Waals surface area contributed by atoms with Crippen molar-refractivity contribution in [1.29, 1.82) is 0 Å². The Bertz CT molecular complexity index is 594. The fraction of sp³-hybridized carbons (Fsp3) is 0.412. The van der Waals surface area contributed by atoms with Crippen LogP contribution >= 0.6 is 0 Å². The van der Waals surface area contributed by atoms with E-state index in [2.05, 4.69) is 52.2 Å². The molecule has 0 N–H and O–H groups in total. The molecule has 1 atom stereocenters. The predicted octanol–water partition coefficient (Wildman–Crippen LogP) is 2.93. The fourth-order valence-electron chi connectivity index (χ4n) is 2.69. The molecule has 2 heterocycles. The summed E-state index contributed by atoms with van der Waals surface area (Å²) >= 11 is 0. The van der Waals surface area contributed by atoms with E-state index in [1.54, 1.807) is 0 Å². The second-order valence-electron chi connectivity index (χ2n) is 5.60. The Morgan fingerprint density at radius 1 is 1.24 bits per heavy atom. The molecular formula is C17H21N3O. The molecule has 1 aliphatic rings. The second-order valence-corrected chi connectivity index (χ2v) is 5.60. The van der Waals surface area contributed by atoms with Gasteiger partial charge in [-0.25, -0.2) is 9.97 Å². The van der Waals surface area contributed by atoms with Gasteiger partial charge in [-0.05, 0) is 18.9 Å². The van der Waals surface area contributed by atoms with E-state index in [0.29, 0.717) is 5.92 Å². The van der Waals surface area contributed by atoms with E-state index in [1.807, 2.05) is 13.0 Å². The highest BCUT2D eigenvalue weighted by Gasteiger charge is 2.20. The van der Waals surface area contributed by atoms with Gasteiger partial charge < -0.3 is 9.64 Å². The molecule has 110 valence electrons. The van der Waals surface area contributed by atoms with Gasteiger partial charge in [-0.15, -0.1) is 0 Å². The maximum Gasteiger partial charge on any atom is 0.132 e. The number of aromatic nitrogens is 2. The predicted molar refractivity (Wildman–Crippen MR) is 83.5 cm³/mol. The number of nitrogens with zero attached hydrogens (tertiary/aromatic N) is 3. The first-order valence-corrected chi connectivity index (χ1v) is 7.41. The van der Waals surface area contributed by atoms with E-state index in [9.17, 15) is 0 Å². The highest BCUT2D eigenvalue weighted by molar-refractivity contribution is 5.41. The van der Waals surface area contributed by atoms with Crippen LogP contribution in [0.3, 0.4) is 0 Å². The average Bonchev–Trinajstić information content (AvgIpc) is 3.02. The smallest absolute Gasteiger partial charge is 0.132 e. The highest BCUT2D eigenvalue weighted by atomic mass is 16.5. The van der Waals surface area contributed by atoms with Crippen LogP contribution in [0.4, 0.5) is 5.82 Å². The molecule has 0 amide bonds. The summed E-state index contributed by atoms with van der Waals surface area (Å²) in [5.74, 6) is 2.22. The highest BCUT2D eigenvalue weighted by Crippen LogP contribution is 2.26. The molecule has 0 bridgehead atoms. The third-order valence-electron chi connectivity index (χ3n) is 3.85. The van der Waals surface area contributed by atoms with Crippen molar-refractivity contribution in [2.75, 3.05) is 25.2 Å². The van der Waals surface area contributed by atoms with Gasteiger partial charge in [0.1, 0.15) is 11.6 Å². The first kappa shape index (κ1) is 14.0. The summed E-state index contributed by atoms with van der Waals surface area (Å²) in [7, 11) is 2.07. The minimum absolute atomic E-state index is 0.413. The molecule has 1 aromatic heterocycles. The third-order valence-corrected chi connectivity index (χ3v) is 3.85. The van der Waals surface area contributed by atoms with E-state index in [1.165, 1.54) is 5.56 Å². The van der Waals surface area contributed by atoms with Crippen molar-refractivity contribution < 1.29 is 4.74 Å². The lowest BCUT2D eigenvalue weighted by Crippen LogP contribution is -2.19. The first-order valence-electron chi connectivity index (χ1n) is 7.41. The van der Waals surface area contributed by atoms with Crippen LogP contribution in [0.25, 0.3) is 0 Å². The lowest BCUT2D eigenvalue weighted by atomic mass is 10.0. The van der Waals surface area contributed by atoms with E-state index in [0.717, 1.165) is 43.5 Å². The summed E-state index contributed by atoms with van der Waals surface area (Å²) < 4.78 is 5.47. The normalized spacial score (nSPS) is 17.9. The van der Waals surface area contributed by atoms with Crippen LogP contribution in [-0.2, 0) is 11.3 Å². The zero-order chi connectivity index (χ0) is 14.7. The van der Waals surface area contributed by atoms with Crippen molar-refractivity contribution >= 4 is 5.82 Å². The maximum absolute atomic E-state index is 5.47. The average molecular weight is 283 g/mol. The molecule has 0 radical (unpaired) electrons. The third kappa shape index (κ3) is 3.39. The van der Waals surface area contributed by atoms with Crippen molar-refractivity contribution in [2.45, 2.75) is 25.8 Å². The first-order chi connectivity index (χ1) is 10.2. The van der Waals surface area contributed by atoms with E-state index < -0.39 is 0 Å². The molecule has 1 saturated heterocycles. The van der Waals surface area contributed by atoms with Gasteiger partial charge in [-0.3, -0.25) is 0 Å². The molecule has 2 aromatic rings. The lowest BCUT2D eigenvalue weighted by Gasteiger charge is -2.20. The Balaban J connectivity index is 1.80. The molecule has 1 aromatic carbocycles. The molecule has 1 fully saturated rings. The number of hydrogen-bond acceptors (Lipinski definition) is 4. The molecule has 0 saturated carbocycles. The molecule has 4 heteroatoms. The van der Waals surface area contributed by atoms with E-state index in [4.69, 9.17) is 4.74 Å². The number of aryl methyl sites for hydroxylation is 1. The quantitative estimate of drug-likeness (QED) is 0.864. The Hall–Kier alpha value is -1.94. The van der Waals surface area contributed by atoms with E-state index in [-0.39, 0.29) is 0 Å². The minimum atomic E-state index is 0.413. The molecule has 3 rings (SSSR count). The van der Waals surface area contributed by atoms with Crippen LogP contribution in [0.2, 0.25) is 0 Å². The fourth-order valence-corrected chi connectivity index (χ4v) is 2.69. The van der Waals surface area contributed by atoms with Crippen LogP contribution in [-0.4, -0.2) is 30.2 Å². The number of hydrogen-bond donors (Lipinski definition) is 0. The standard InChI is InChI=1S/C17H21N3O/c1-13-18-16(15-8-9-21-12-15)10-17(19-13)20(2)11-14-6-4-3-5-7-14/h3-7,10,15H,8-9,11-12H2,1-2H3/t15-/m1/s1. The van der Waals surface area contributed by atoms with Crippen molar-refractivity contribution in [3.63, 3.8) is 0 Å². The van der Waals surface area contributed by atoms with Gasteiger partial charge in [-0.1, -0.05) is 30.3 Å². The van der Waals surface area contributed by atoms with Gasteiger partial charge in [0.15, 0.2) is 0 Å². The van der Waals surface area contributed by atoms with Gasteiger partial charge in [0.05, 0.1) is 12.3 Å². The lowest BCUT2D eigenvalue weighted by molar-refractivity contribution is 0.193. The number of rotatable bonds is 4. The van der Waals surface area contributed by atoms with Crippen molar-refractivity contribution in [3.8, 4) is 0 Å². The zero-order valence-corrected chi connectivity index (χ0v) is 12.6. The second kappa shape index (κ2) is 6.22. The van der Waals surface area contributed by atoms with Crippen LogP contribution in [0.1, 0.15) is 29.4 Å². The number of anilines is 1. The van der Waals surface area contributed by atoms with Gasteiger partial charge in [0.25, 0.3) is 0 Å². The van der Waals surface area contributed by atoms with Crippen LogP contribution in [0.5, 0.6) is 0 Å². The molecule has 0 unspecified atom stereocenters. The Morgan fingerprint density at radius 2 is 2.05 bits per heavy atom. The summed E-state index contributed by atoms with van der Waals surface area (Å²) in [6.45, 7) is 4.41. The van der Waals surface area contributed by atoms with Gasteiger partial charge in [0, 0.05) is 32.2 Å². The summed E-state index contributed by atoms with van der Waals surface area (Å²) in [4.78, 5) is 11.3. The largest absolute Gasteiger partial charge is 0.381 e. The van der Waals surface area contributed by atoms with Crippen LogP contribution in [0.15, 0.2) is 36.4 Å².